The van der Waals surface area contributed by atoms with Gasteiger partial charge in [-0.2, -0.15) is 0 Å². The van der Waals surface area contributed by atoms with E-state index in [9.17, 15) is 4.79 Å². The van der Waals surface area contributed by atoms with Crippen molar-refractivity contribution in [1.29, 1.82) is 0 Å². The molecule has 7 heteroatoms. The summed E-state index contributed by atoms with van der Waals surface area (Å²) in [6, 6.07) is 11.6. The van der Waals surface area contributed by atoms with Crippen LogP contribution in [0.4, 0.5) is 23.0 Å². The second-order valence-corrected chi connectivity index (χ2v) is 7.40. The maximum atomic E-state index is 12.6. The molecule has 1 aromatic carbocycles. The Kier molecular flexibility index (Phi) is 4.88. The number of nitrogens with one attached hydrogen (secondary N) is 1. The molecule has 1 aliphatic heterocycles. The van der Waals surface area contributed by atoms with E-state index in [4.69, 9.17) is 0 Å². The number of likely N-dealkylation sites (N-methyl/N-ethyl adjacent to an activating group) is 1. The molecule has 1 aliphatic rings. The van der Waals surface area contributed by atoms with Gasteiger partial charge in [0.1, 0.15) is 6.04 Å². The zero-order valence-corrected chi connectivity index (χ0v) is 17.0. The standard InChI is InChI=1S/C22H24N6O/c1-14(2)28-15(3)21(29)27(4)19-6-5-17(13-20(19)28)25-22-24-12-9-18(26-22)16-7-10-23-11-8-16/h5-15H,1-4H3,(H,24,25,26)/t15-/m1/s1. The van der Waals surface area contributed by atoms with Crippen LogP contribution < -0.4 is 15.1 Å². The summed E-state index contributed by atoms with van der Waals surface area (Å²) >= 11 is 0. The molecule has 29 heavy (non-hydrogen) atoms. The number of anilines is 4. The first-order chi connectivity index (χ1) is 14.0. The van der Waals surface area contributed by atoms with Gasteiger partial charge < -0.3 is 15.1 Å². The Bertz CT molecular complexity index is 1040. The Hall–Kier alpha value is -3.48. The van der Waals surface area contributed by atoms with E-state index < -0.39 is 0 Å². The van der Waals surface area contributed by atoms with Crippen molar-refractivity contribution in [2.24, 2.45) is 0 Å². The molecule has 4 rings (SSSR count). The monoisotopic (exact) mass is 388 g/mol. The van der Waals surface area contributed by atoms with Crippen LogP contribution in [0.5, 0.6) is 0 Å². The lowest BCUT2D eigenvalue weighted by Gasteiger charge is -2.42. The molecule has 0 radical (unpaired) electrons. The summed E-state index contributed by atoms with van der Waals surface area (Å²) in [6.07, 6.45) is 5.22. The molecule has 7 nitrogen and oxygen atoms in total. The number of hydrogen-bond acceptors (Lipinski definition) is 6. The van der Waals surface area contributed by atoms with Gasteiger partial charge in [0.05, 0.1) is 17.1 Å². The number of pyridine rings is 1. The lowest BCUT2D eigenvalue weighted by Crippen LogP contribution is -2.53. The van der Waals surface area contributed by atoms with Gasteiger partial charge in [-0.1, -0.05) is 0 Å². The van der Waals surface area contributed by atoms with Gasteiger partial charge in [0.15, 0.2) is 0 Å². The highest BCUT2D eigenvalue weighted by molar-refractivity contribution is 6.05. The van der Waals surface area contributed by atoms with Crippen LogP contribution in [0.2, 0.25) is 0 Å². The predicted octanol–water partition coefficient (Wildman–Crippen LogP) is 3.86. The van der Waals surface area contributed by atoms with Crippen LogP contribution in [0.15, 0.2) is 55.0 Å². The minimum Gasteiger partial charge on any atom is -0.356 e. The fraction of sp³-hybridized carbons (Fsp3) is 0.273. The minimum absolute atomic E-state index is 0.0975. The number of amides is 1. The number of carbonyl (C=O) groups is 1. The van der Waals surface area contributed by atoms with Crippen molar-refractivity contribution in [3.05, 3.63) is 55.0 Å². The first kappa shape index (κ1) is 18.9. The van der Waals surface area contributed by atoms with Crippen molar-refractivity contribution in [2.45, 2.75) is 32.9 Å². The fourth-order valence-electron chi connectivity index (χ4n) is 3.78. The maximum Gasteiger partial charge on any atom is 0.249 e. The molecule has 3 aromatic rings. The summed E-state index contributed by atoms with van der Waals surface area (Å²) in [4.78, 5) is 29.5. The van der Waals surface area contributed by atoms with E-state index in [1.54, 1.807) is 23.5 Å². The Morgan fingerprint density at radius 3 is 2.52 bits per heavy atom. The Morgan fingerprint density at radius 1 is 1.03 bits per heavy atom. The summed E-state index contributed by atoms with van der Waals surface area (Å²) in [5.41, 5.74) is 4.60. The quantitative estimate of drug-likeness (QED) is 0.732. The first-order valence-electron chi connectivity index (χ1n) is 9.66. The molecular formula is C22H24N6O. The minimum atomic E-state index is -0.214. The first-order valence-corrected chi connectivity index (χ1v) is 9.66. The number of benzene rings is 1. The number of nitrogens with zero attached hydrogens (tertiary/aromatic N) is 5. The second kappa shape index (κ2) is 7.50. The van der Waals surface area contributed by atoms with Gasteiger partial charge in [-0.3, -0.25) is 9.78 Å². The number of aromatic nitrogens is 3. The van der Waals surface area contributed by atoms with Crippen LogP contribution in [-0.2, 0) is 4.79 Å². The molecule has 0 unspecified atom stereocenters. The van der Waals surface area contributed by atoms with Crippen LogP contribution in [0.1, 0.15) is 20.8 Å². The van der Waals surface area contributed by atoms with Gasteiger partial charge >= 0.3 is 0 Å². The van der Waals surface area contributed by atoms with Crippen molar-refractivity contribution in [2.75, 3.05) is 22.2 Å². The molecule has 0 aliphatic carbocycles. The van der Waals surface area contributed by atoms with Gasteiger partial charge in [-0.15, -0.1) is 0 Å². The second-order valence-electron chi connectivity index (χ2n) is 7.40. The Balaban J connectivity index is 1.67. The van der Waals surface area contributed by atoms with E-state index in [0.717, 1.165) is 28.3 Å². The van der Waals surface area contributed by atoms with Crippen LogP contribution >= 0.6 is 0 Å². The van der Waals surface area contributed by atoms with Crippen molar-refractivity contribution >= 4 is 28.9 Å². The van der Waals surface area contributed by atoms with E-state index >= 15 is 0 Å². The van der Waals surface area contributed by atoms with E-state index in [1.807, 2.05) is 44.3 Å². The third-order valence-electron chi connectivity index (χ3n) is 5.16. The van der Waals surface area contributed by atoms with Gasteiger partial charge in [0, 0.05) is 42.9 Å². The zero-order valence-electron chi connectivity index (χ0n) is 17.0. The summed E-state index contributed by atoms with van der Waals surface area (Å²) in [5.74, 6) is 0.615. The third kappa shape index (κ3) is 3.51. The summed E-state index contributed by atoms with van der Waals surface area (Å²) < 4.78 is 0. The van der Waals surface area contributed by atoms with Crippen LogP contribution in [0, 0.1) is 0 Å². The maximum absolute atomic E-state index is 12.6. The lowest BCUT2D eigenvalue weighted by molar-refractivity contribution is -0.119. The molecule has 3 heterocycles. The van der Waals surface area contributed by atoms with E-state index in [2.05, 4.69) is 45.1 Å². The van der Waals surface area contributed by atoms with Crippen molar-refractivity contribution in [1.82, 2.24) is 15.0 Å². The molecular weight excluding hydrogens is 364 g/mol. The summed E-state index contributed by atoms with van der Waals surface area (Å²) in [7, 11) is 1.82. The largest absolute Gasteiger partial charge is 0.356 e. The molecule has 1 amide bonds. The van der Waals surface area contributed by atoms with Crippen LogP contribution in [-0.4, -0.2) is 40.0 Å². The molecule has 0 spiro atoms. The van der Waals surface area contributed by atoms with Gasteiger partial charge in [0.25, 0.3) is 0 Å². The zero-order chi connectivity index (χ0) is 20.5. The normalized spacial score (nSPS) is 16.2. The third-order valence-corrected chi connectivity index (χ3v) is 5.16. The van der Waals surface area contributed by atoms with Gasteiger partial charge in [-0.25, -0.2) is 9.97 Å². The predicted molar refractivity (Wildman–Crippen MR) is 115 cm³/mol. The van der Waals surface area contributed by atoms with Crippen LogP contribution in [0.3, 0.4) is 0 Å². The van der Waals surface area contributed by atoms with Crippen molar-refractivity contribution in [3.63, 3.8) is 0 Å². The van der Waals surface area contributed by atoms with Crippen molar-refractivity contribution < 1.29 is 4.79 Å². The average molecular weight is 388 g/mol. The molecule has 0 saturated heterocycles. The van der Waals surface area contributed by atoms with Crippen LogP contribution in [0.25, 0.3) is 11.3 Å². The van der Waals surface area contributed by atoms with Gasteiger partial charge in [-0.05, 0) is 57.2 Å². The molecule has 1 atom stereocenters. The highest BCUT2D eigenvalue weighted by Crippen LogP contribution is 2.39. The number of fused-ring (bicyclic) bond motifs is 1. The number of carbonyl (C=O) groups excluding carboxylic acids is 1. The molecule has 148 valence electrons. The van der Waals surface area contributed by atoms with E-state index in [-0.39, 0.29) is 18.0 Å². The van der Waals surface area contributed by atoms with E-state index in [0.29, 0.717) is 5.95 Å². The lowest BCUT2D eigenvalue weighted by atomic mass is 10.0. The topological polar surface area (TPSA) is 74.2 Å². The molecule has 1 N–H and O–H groups in total. The average Bonchev–Trinajstić information content (AvgIpc) is 2.73. The molecule has 0 bridgehead atoms. The number of rotatable bonds is 4. The molecule has 0 saturated carbocycles. The summed E-state index contributed by atoms with van der Waals surface area (Å²) in [6.45, 7) is 6.14. The highest BCUT2D eigenvalue weighted by Gasteiger charge is 2.34. The highest BCUT2D eigenvalue weighted by atomic mass is 16.2. The molecule has 2 aromatic heterocycles. The smallest absolute Gasteiger partial charge is 0.249 e. The Labute approximate surface area is 170 Å². The number of hydrogen-bond donors (Lipinski definition) is 1. The Morgan fingerprint density at radius 2 is 1.79 bits per heavy atom. The fourth-order valence-corrected chi connectivity index (χ4v) is 3.78. The van der Waals surface area contributed by atoms with Gasteiger partial charge in [0.2, 0.25) is 11.9 Å². The summed E-state index contributed by atoms with van der Waals surface area (Å²) in [5, 5.41) is 3.30. The SMILES string of the molecule is CC(C)N1c2cc(Nc3nccc(-c4ccncc4)n3)ccc2N(C)C(=O)[C@H]1C. The van der Waals surface area contributed by atoms with Crippen molar-refractivity contribution in [3.8, 4) is 11.3 Å². The van der Waals surface area contributed by atoms with E-state index in [1.165, 1.54) is 0 Å². The molecule has 0 fully saturated rings.